The van der Waals surface area contributed by atoms with Gasteiger partial charge in [-0.2, -0.15) is 12.4 Å². The minimum Gasteiger partial charge on any atom is -0.366 e. The molecule has 102 valence electrons. The minimum atomic E-state index is -3.96. The zero-order valence-corrected chi connectivity index (χ0v) is 11.5. The molecule has 0 aliphatic heterocycles. The number of pyridine rings is 1. The standard InChI is InChI=1S/C14H12N2O3S/c1-11-7-9-15-14-13(11)8-10-16(14)20(17,18)19-12-5-3-2-4-6-12/h2-10H,1H3. The Morgan fingerprint density at radius 2 is 1.85 bits per heavy atom. The van der Waals surface area contributed by atoms with Crippen molar-refractivity contribution < 1.29 is 12.6 Å². The third kappa shape index (κ3) is 2.14. The molecule has 0 aliphatic carbocycles. The molecular weight excluding hydrogens is 276 g/mol. The van der Waals surface area contributed by atoms with Crippen LogP contribution in [0.2, 0.25) is 0 Å². The lowest BCUT2D eigenvalue weighted by Gasteiger charge is -2.08. The van der Waals surface area contributed by atoms with E-state index in [2.05, 4.69) is 4.98 Å². The van der Waals surface area contributed by atoms with E-state index in [1.54, 1.807) is 42.6 Å². The Morgan fingerprint density at radius 3 is 2.60 bits per heavy atom. The van der Waals surface area contributed by atoms with Crippen LogP contribution in [-0.4, -0.2) is 17.4 Å². The third-order valence-electron chi connectivity index (χ3n) is 2.96. The number of hydrogen-bond acceptors (Lipinski definition) is 4. The summed E-state index contributed by atoms with van der Waals surface area (Å²) < 4.78 is 30.7. The summed E-state index contributed by atoms with van der Waals surface area (Å²) in [6.07, 6.45) is 3.02. The molecule has 0 spiro atoms. The fourth-order valence-electron chi connectivity index (χ4n) is 1.97. The van der Waals surface area contributed by atoms with Crippen LogP contribution in [0.4, 0.5) is 0 Å². The third-order valence-corrected chi connectivity index (χ3v) is 4.14. The Hall–Kier alpha value is -2.34. The van der Waals surface area contributed by atoms with Crippen molar-refractivity contribution in [2.45, 2.75) is 6.92 Å². The second-order valence-electron chi connectivity index (χ2n) is 4.33. The van der Waals surface area contributed by atoms with E-state index in [4.69, 9.17) is 4.18 Å². The molecule has 2 aromatic heterocycles. The number of benzene rings is 1. The molecule has 0 amide bonds. The fourth-order valence-corrected chi connectivity index (χ4v) is 2.97. The lowest BCUT2D eigenvalue weighted by Crippen LogP contribution is -2.18. The number of hydrogen-bond donors (Lipinski definition) is 0. The lowest BCUT2D eigenvalue weighted by molar-refractivity contribution is 0.477. The van der Waals surface area contributed by atoms with E-state index < -0.39 is 10.3 Å². The van der Waals surface area contributed by atoms with Gasteiger partial charge >= 0.3 is 10.3 Å². The van der Waals surface area contributed by atoms with E-state index in [9.17, 15) is 8.42 Å². The van der Waals surface area contributed by atoms with Gasteiger partial charge in [-0.15, -0.1) is 0 Å². The van der Waals surface area contributed by atoms with Crippen molar-refractivity contribution in [2.75, 3.05) is 0 Å². The molecule has 5 nitrogen and oxygen atoms in total. The molecule has 0 saturated carbocycles. The average Bonchev–Trinajstić information content (AvgIpc) is 2.85. The van der Waals surface area contributed by atoms with E-state index in [1.807, 2.05) is 13.0 Å². The molecule has 0 aliphatic rings. The first-order valence-electron chi connectivity index (χ1n) is 6.01. The maximum absolute atomic E-state index is 12.3. The Bertz CT molecular complexity index is 855. The van der Waals surface area contributed by atoms with Crippen LogP contribution in [-0.2, 0) is 10.3 Å². The minimum absolute atomic E-state index is 0.266. The van der Waals surface area contributed by atoms with E-state index in [-0.39, 0.29) is 5.75 Å². The van der Waals surface area contributed by atoms with Crippen LogP contribution in [0.15, 0.2) is 54.9 Å². The van der Waals surface area contributed by atoms with Crippen LogP contribution in [0, 0.1) is 6.92 Å². The Balaban J connectivity index is 2.08. The lowest BCUT2D eigenvalue weighted by atomic mass is 10.2. The molecule has 0 saturated heterocycles. The summed E-state index contributed by atoms with van der Waals surface area (Å²) in [4.78, 5) is 4.11. The summed E-state index contributed by atoms with van der Waals surface area (Å²) in [6.45, 7) is 1.90. The first kappa shape index (κ1) is 12.7. The number of nitrogens with zero attached hydrogens (tertiary/aromatic N) is 2. The summed E-state index contributed by atoms with van der Waals surface area (Å²) in [5.74, 6) is 0.266. The highest BCUT2D eigenvalue weighted by molar-refractivity contribution is 7.85. The van der Waals surface area contributed by atoms with Gasteiger partial charge in [0, 0.05) is 17.8 Å². The van der Waals surface area contributed by atoms with Gasteiger partial charge in [0.05, 0.1) is 0 Å². The Labute approximate surface area is 116 Å². The Kier molecular flexibility index (Phi) is 2.94. The average molecular weight is 288 g/mol. The van der Waals surface area contributed by atoms with Gasteiger partial charge in [-0.3, -0.25) is 0 Å². The van der Waals surface area contributed by atoms with Crippen molar-refractivity contribution in [3.63, 3.8) is 0 Å². The van der Waals surface area contributed by atoms with E-state index in [0.717, 1.165) is 14.9 Å². The van der Waals surface area contributed by atoms with Gasteiger partial charge in [0.1, 0.15) is 5.75 Å². The molecule has 0 unspecified atom stereocenters. The van der Waals surface area contributed by atoms with Crippen molar-refractivity contribution in [1.82, 2.24) is 8.96 Å². The SMILES string of the molecule is Cc1ccnc2c1ccn2S(=O)(=O)Oc1ccccc1. The highest BCUT2D eigenvalue weighted by Crippen LogP contribution is 2.21. The van der Waals surface area contributed by atoms with Gasteiger partial charge in [0.25, 0.3) is 0 Å². The van der Waals surface area contributed by atoms with Crippen LogP contribution >= 0.6 is 0 Å². The van der Waals surface area contributed by atoms with E-state index in [0.29, 0.717) is 5.65 Å². The molecule has 0 fully saturated rings. The van der Waals surface area contributed by atoms with Gasteiger partial charge in [-0.25, -0.2) is 4.98 Å². The van der Waals surface area contributed by atoms with Crippen molar-refractivity contribution in [3.8, 4) is 5.75 Å². The number of aryl methyl sites for hydroxylation is 1. The van der Waals surface area contributed by atoms with E-state index >= 15 is 0 Å². The van der Waals surface area contributed by atoms with Crippen molar-refractivity contribution in [2.24, 2.45) is 0 Å². The predicted octanol–water partition coefficient (Wildman–Crippen LogP) is 2.52. The monoisotopic (exact) mass is 288 g/mol. The topological polar surface area (TPSA) is 61.2 Å². The molecule has 20 heavy (non-hydrogen) atoms. The number of aromatic nitrogens is 2. The normalized spacial score (nSPS) is 11.7. The van der Waals surface area contributed by atoms with Crippen LogP contribution in [0.3, 0.4) is 0 Å². The highest BCUT2D eigenvalue weighted by atomic mass is 32.2. The highest BCUT2D eigenvalue weighted by Gasteiger charge is 2.19. The Morgan fingerprint density at radius 1 is 1.10 bits per heavy atom. The smallest absolute Gasteiger partial charge is 0.366 e. The maximum atomic E-state index is 12.3. The molecule has 0 radical (unpaired) electrons. The summed E-state index contributed by atoms with van der Waals surface area (Å²) >= 11 is 0. The fraction of sp³-hybridized carbons (Fsp3) is 0.0714. The molecule has 3 rings (SSSR count). The molecule has 2 heterocycles. The van der Waals surface area contributed by atoms with Gasteiger partial charge in [-0.1, -0.05) is 18.2 Å². The molecule has 1 aromatic carbocycles. The first-order valence-corrected chi connectivity index (χ1v) is 7.37. The van der Waals surface area contributed by atoms with Crippen molar-refractivity contribution >= 4 is 21.3 Å². The summed E-state index contributed by atoms with van der Waals surface area (Å²) in [5, 5.41) is 0.785. The molecule has 0 N–H and O–H groups in total. The van der Waals surface area contributed by atoms with Crippen molar-refractivity contribution in [1.29, 1.82) is 0 Å². The second-order valence-corrected chi connectivity index (χ2v) is 5.75. The summed E-state index contributed by atoms with van der Waals surface area (Å²) in [5.41, 5.74) is 1.32. The summed E-state index contributed by atoms with van der Waals surface area (Å²) in [6, 6.07) is 11.9. The zero-order chi connectivity index (χ0) is 14.2. The molecule has 0 bridgehead atoms. The molecule has 3 aromatic rings. The van der Waals surface area contributed by atoms with Gasteiger partial charge < -0.3 is 4.18 Å². The van der Waals surface area contributed by atoms with Crippen LogP contribution < -0.4 is 4.18 Å². The van der Waals surface area contributed by atoms with Gasteiger partial charge in [-0.05, 0) is 36.8 Å². The quantitative estimate of drug-likeness (QED) is 0.743. The largest absolute Gasteiger partial charge is 0.415 e. The maximum Gasteiger partial charge on any atom is 0.415 e. The molecular formula is C14H12N2O3S. The van der Waals surface area contributed by atoms with Crippen LogP contribution in [0.25, 0.3) is 11.0 Å². The second kappa shape index (κ2) is 4.64. The predicted molar refractivity (Wildman–Crippen MR) is 75.9 cm³/mol. The van der Waals surface area contributed by atoms with Crippen LogP contribution in [0.1, 0.15) is 5.56 Å². The number of fused-ring (bicyclic) bond motifs is 1. The van der Waals surface area contributed by atoms with Crippen molar-refractivity contribution in [3.05, 3.63) is 60.4 Å². The molecule has 0 atom stereocenters. The first-order chi connectivity index (χ1) is 9.58. The van der Waals surface area contributed by atoms with Gasteiger partial charge in [0.2, 0.25) is 0 Å². The zero-order valence-electron chi connectivity index (χ0n) is 10.7. The van der Waals surface area contributed by atoms with Crippen LogP contribution in [0.5, 0.6) is 5.75 Å². The van der Waals surface area contributed by atoms with E-state index in [1.165, 1.54) is 6.20 Å². The summed E-state index contributed by atoms with van der Waals surface area (Å²) in [7, 11) is -3.96. The number of rotatable bonds is 3. The number of para-hydroxylation sites is 1. The van der Waals surface area contributed by atoms with Gasteiger partial charge in [0.15, 0.2) is 5.65 Å². The molecule has 6 heteroatoms.